The number of rotatable bonds is 7. The van der Waals surface area contributed by atoms with Crippen molar-refractivity contribution in [3.8, 4) is 0 Å². The molecule has 34 heavy (non-hydrogen) atoms. The molecule has 4 fully saturated rings. The van der Waals surface area contributed by atoms with E-state index in [2.05, 4.69) is 20.8 Å². The molecule has 4 saturated carbocycles. The Labute approximate surface area is 208 Å². The maximum absolute atomic E-state index is 12.2. The molecule has 0 aromatic carbocycles. The van der Waals surface area contributed by atoms with Gasteiger partial charge in [-0.15, -0.1) is 0 Å². The van der Waals surface area contributed by atoms with Crippen LogP contribution in [0.4, 0.5) is 0 Å². The van der Waals surface area contributed by atoms with E-state index >= 15 is 0 Å². The summed E-state index contributed by atoms with van der Waals surface area (Å²) in [7, 11) is 0. The van der Waals surface area contributed by atoms with E-state index in [4.69, 9.17) is 4.74 Å². The molecule has 0 bridgehead atoms. The highest BCUT2D eigenvalue weighted by Gasteiger charge is 2.62. The Hall–Kier alpha value is -0.610. The van der Waals surface area contributed by atoms with Gasteiger partial charge in [0.15, 0.2) is 0 Å². The second-order valence-electron chi connectivity index (χ2n) is 13.7. The average Bonchev–Trinajstić information content (AvgIpc) is 3.11. The van der Waals surface area contributed by atoms with Crippen molar-refractivity contribution in [3.05, 3.63) is 0 Å². The van der Waals surface area contributed by atoms with Gasteiger partial charge in [0.05, 0.1) is 24.2 Å². The highest BCUT2D eigenvalue weighted by atomic mass is 16.5. The summed E-state index contributed by atoms with van der Waals surface area (Å²) in [5.41, 5.74) is 0.635. The minimum atomic E-state index is -0.195. The zero-order valence-corrected chi connectivity index (χ0v) is 22.8. The maximum Gasteiger partial charge on any atom is 0.308 e. The number of fused-ring (bicyclic) bond motifs is 5. The number of esters is 1. The van der Waals surface area contributed by atoms with Gasteiger partial charge >= 0.3 is 5.97 Å². The molecule has 4 nitrogen and oxygen atoms in total. The summed E-state index contributed by atoms with van der Waals surface area (Å²) in [4.78, 5) is 12.2. The topological polar surface area (TPSA) is 66.8 Å². The Kier molecular flexibility index (Phi) is 7.81. The zero-order chi connectivity index (χ0) is 24.8. The van der Waals surface area contributed by atoms with Gasteiger partial charge in [-0.25, -0.2) is 0 Å². The summed E-state index contributed by atoms with van der Waals surface area (Å²) in [6, 6.07) is 0. The van der Waals surface area contributed by atoms with E-state index in [1.807, 2.05) is 20.8 Å². The smallest absolute Gasteiger partial charge is 0.308 e. The van der Waals surface area contributed by atoms with Crippen molar-refractivity contribution in [1.82, 2.24) is 0 Å². The third-order valence-corrected chi connectivity index (χ3v) is 11.5. The van der Waals surface area contributed by atoms with Crippen LogP contribution in [0, 0.1) is 52.3 Å². The van der Waals surface area contributed by atoms with Crippen LogP contribution in [-0.4, -0.2) is 34.5 Å². The minimum Gasteiger partial charge on any atom is -0.463 e. The molecule has 196 valence electrons. The summed E-state index contributed by atoms with van der Waals surface area (Å²) < 4.78 is 5.39. The van der Waals surface area contributed by atoms with E-state index in [-0.39, 0.29) is 30.2 Å². The first-order valence-corrected chi connectivity index (χ1v) is 14.5. The predicted molar refractivity (Wildman–Crippen MR) is 136 cm³/mol. The van der Waals surface area contributed by atoms with Gasteiger partial charge in [0.2, 0.25) is 0 Å². The number of carbonyl (C=O) groups excluding carboxylic acids is 1. The van der Waals surface area contributed by atoms with Crippen LogP contribution in [0.2, 0.25) is 0 Å². The van der Waals surface area contributed by atoms with Crippen molar-refractivity contribution in [2.45, 2.75) is 130 Å². The number of aliphatic hydroxyl groups is 2. The van der Waals surface area contributed by atoms with Gasteiger partial charge in [0, 0.05) is 0 Å². The number of aliphatic hydroxyl groups excluding tert-OH is 2. The lowest BCUT2D eigenvalue weighted by molar-refractivity contribution is -0.174. The van der Waals surface area contributed by atoms with Crippen molar-refractivity contribution in [1.29, 1.82) is 0 Å². The van der Waals surface area contributed by atoms with Crippen LogP contribution < -0.4 is 0 Å². The SMILES string of the molecule is CC(C)OC(=O)C(C)CCC[C@@H](C)[C@H]1CC[C@H]2[C@@H]3C(O)C[C@@H]4CC(O)CC[C@]4(C)[C@H]3CC[C@]12C. The van der Waals surface area contributed by atoms with E-state index in [0.29, 0.717) is 40.4 Å². The molecule has 0 saturated heterocycles. The number of ether oxygens (including phenoxy) is 1. The molecule has 4 heteroatoms. The maximum atomic E-state index is 12.2. The molecular weight excluding hydrogens is 424 g/mol. The molecule has 0 aromatic heterocycles. The van der Waals surface area contributed by atoms with Crippen LogP contribution in [0.25, 0.3) is 0 Å². The van der Waals surface area contributed by atoms with Gasteiger partial charge in [-0.1, -0.05) is 40.5 Å². The molecule has 11 atom stereocenters. The monoisotopic (exact) mass is 476 g/mol. The van der Waals surface area contributed by atoms with E-state index in [1.165, 1.54) is 32.1 Å². The Morgan fingerprint density at radius 1 is 0.912 bits per heavy atom. The number of carbonyl (C=O) groups is 1. The first-order chi connectivity index (χ1) is 16.0. The van der Waals surface area contributed by atoms with Gasteiger partial charge < -0.3 is 14.9 Å². The molecule has 0 aliphatic heterocycles. The summed E-state index contributed by atoms with van der Waals surface area (Å²) in [5, 5.41) is 21.7. The number of hydrogen-bond acceptors (Lipinski definition) is 4. The average molecular weight is 477 g/mol. The summed E-state index contributed by atoms with van der Waals surface area (Å²) in [5.74, 6) is 3.50. The van der Waals surface area contributed by atoms with Crippen LogP contribution in [0.3, 0.4) is 0 Å². The molecule has 0 spiro atoms. The van der Waals surface area contributed by atoms with E-state index in [9.17, 15) is 15.0 Å². The third kappa shape index (κ3) is 4.72. The molecule has 0 radical (unpaired) electrons. The molecule has 2 N–H and O–H groups in total. The van der Waals surface area contributed by atoms with Crippen molar-refractivity contribution >= 4 is 5.97 Å². The lowest BCUT2D eigenvalue weighted by Gasteiger charge is -2.62. The fraction of sp³-hybridized carbons (Fsp3) is 0.967. The van der Waals surface area contributed by atoms with Crippen LogP contribution in [0.15, 0.2) is 0 Å². The van der Waals surface area contributed by atoms with Crippen LogP contribution >= 0.6 is 0 Å². The fourth-order valence-electron chi connectivity index (χ4n) is 9.59. The van der Waals surface area contributed by atoms with Crippen LogP contribution in [0.1, 0.15) is 112 Å². The van der Waals surface area contributed by atoms with Crippen molar-refractivity contribution < 1.29 is 19.7 Å². The molecule has 4 rings (SSSR count). The van der Waals surface area contributed by atoms with Gasteiger partial charge in [0.25, 0.3) is 0 Å². The van der Waals surface area contributed by atoms with E-state index < -0.39 is 0 Å². The van der Waals surface area contributed by atoms with Gasteiger partial charge in [-0.2, -0.15) is 0 Å². The van der Waals surface area contributed by atoms with E-state index in [1.54, 1.807) is 0 Å². The zero-order valence-electron chi connectivity index (χ0n) is 22.8. The van der Waals surface area contributed by atoms with Gasteiger partial charge in [-0.3, -0.25) is 4.79 Å². The van der Waals surface area contributed by atoms with Crippen molar-refractivity contribution in [2.75, 3.05) is 0 Å². The molecular formula is C30H52O4. The molecule has 0 amide bonds. The standard InChI is InChI=1S/C30H52O4/c1-18(2)34-28(33)20(4)9-7-8-19(3)23-10-11-24-27-25(13-15-30(23,24)6)29(5)14-12-22(31)16-21(29)17-26(27)32/h18-27,31-32H,7-17H2,1-6H3/t19-,20?,21+,22?,23-,24+,25+,26?,27+,29+,30-/m1/s1. The highest BCUT2D eigenvalue weighted by Crippen LogP contribution is 2.68. The Bertz CT molecular complexity index is 721. The Balaban J connectivity index is 1.39. The highest BCUT2D eigenvalue weighted by molar-refractivity contribution is 5.72. The van der Waals surface area contributed by atoms with Crippen molar-refractivity contribution in [3.63, 3.8) is 0 Å². The summed E-state index contributed by atoms with van der Waals surface area (Å²) >= 11 is 0. The second kappa shape index (κ2) is 10.0. The molecule has 0 aromatic rings. The summed E-state index contributed by atoms with van der Waals surface area (Å²) in [6.07, 6.45) is 11.8. The third-order valence-electron chi connectivity index (χ3n) is 11.5. The van der Waals surface area contributed by atoms with Crippen molar-refractivity contribution in [2.24, 2.45) is 52.3 Å². The van der Waals surface area contributed by atoms with Gasteiger partial charge in [-0.05, 0) is 118 Å². The van der Waals surface area contributed by atoms with Crippen LogP contribution in [0.5, 0.6) is 0 Å². The van der Waals surface area contributed by atoms with Gasteiger partial charge in [0.1, 0.15) is 0 Å². The minimum absolute atomic E-state index is 0.0166. The second-order valence-corrected chi connectivity index (χ2v) is 13.7. The fourth-order valence-corrected chi connectivity index (χ4v) is 9.59. The normalized spacial score (nSPS) is 45.7. The first kappa shape index (κ1) is 26.5. The first-order valence-electron chi connectivity index (χ1n) is 14.5. The quantitative estimate of drug-likeness (QED) is 0.419. The number of hydrogen-bond donors (Lipinski definition) is 2. The molecule has 3 unspecified atom stereocenters. The summed E-state index contributed by atoms with van der Waals surface area (Å²) in [6.45, 7) is 13.3. The Morgan fingerprint density at radius 2 is 1.59 bits per heavy atom. The molecule has 4 aliphatic carbocycles. The van der Waals surface area contributed by atoms with E-state index in [0.717, 1.165) is 44.4 Å². The Morgan fingerprint density at radius 3 is 2.29 bits per heavy atom. The van der Waals surface area contributed by atoms with Crippen LogP contribution in [-0.2, 0) is 9.53 Å². The largest absolute Gasteiger partial charge is 0.463 e. The lowest BCUT2D eigenvalue weighted by Crippen LogP contribution is -2.58. The molecule has 0 heterocycles. The lowest BCUT2D eigenvalue weighted by atomic mass is 9.43. The predicted octanol–water partition coefficient (Wildman–Crippen LogP) is 6.37. The molecule has 4 aliphatic rings.